The number of nitrogens with two attached hydrogens (primary N) is 1. The second-order valence-electron chi connectivity index (χ2n) is 3.84. The van der Waals surface area contributed by atoms with Crippen LogP contribution >= 0.6 is 0 Å². The minimum absolute atomic E-state index is 0.132. The number of rotatable bonds is 3. The number of hydrogen-bond donors (Lipinski definition) is 1. The van der Waals surface area contributed by atoms with Crippen LogP contribution in [0.5, 0.6) is 0 Å². The molecule has 2 N–H and O–H groups in total. The summed E-state index contributed by atoms with van der Waals surface area (Å²) in [4.78, 5) is 3.74. The molecule has 1 atom stereocenters. The van der Waals surface area contributed by atoms with E-state index >= 15 is 0 Å². The first-order valence-corrected chi connectivity index (χ1v) is 6.87. The van der Waals surface area contributed by atoms with Gasteiger partial charge < -0.3 is 0 Å². The van der Waals surface area contributed by atoms with E-state index in [2.05, 4.69) is 17.0 Å². The summed E-state index contributed by atoms with van der Waals surface area (Å²) in [7, 11) is -3.77. The molecule has 0 saturated carbocycles. The fourth-order valence-electron chi connectivity index (χ4n) is 1.77. The quantitative estimate of drug-likeness (QED) is 0.860. The van der Waals surface area contributed by atoms with Crippen LogP contribution in [-0.2, 0) is 10.0 Å². The molecule has 0 bridgehead atoms. The van der Waals surface area contributed by atoms with Crippen LogP contribution in [0.4, 0.5) is 5.69 Å². The van der Waals surface area contributed by atoms with Crippen LogP contribution in [0.1, 0.15) is 19.8 Å². The van der Waals surface area contributed by atoms with E-state index < -0.39 is 10.0 Å². The Bertz CT molecular complexity index is 541. The van der Waals surface area contributed by atoms with Crippen LogP contribution in [0.2, 0.25) is 0 Å². The fourth-order valence-corrected chi connectivity index (χ4v) is 2.26. The summed E-state index contributed by atoms with van der Waals surface area (Å²) < 4.78 is 22.4. The lowest BCUT2D eigenvalue weighted by atomic mass is 10.1. The molecule has 0 radical (unpaired) electrons. The normalized spacial score (nSPS) is 19.9. The van der Waals surface area contributed by atoms with Gasteiger partial charge in [-0.3, -0.25) is 5.01 Å². The van der Waals surface area contributed by atoms with Crippen molar-refractivity contribution < 1.29 is 8.42 Å². The number of primary sulfonamides is 1. The van der Waals surface area contributed by atoms with E-state index in [1.54, 1.807) is 11.1 Å². The van der Waals surface area contributed by atoms with Crippen molar-refractivity contribution in [2.45, 2.75) is 30.8 Å². The molecule has 1 aliphatic heterocycles. The molecule has 0 spiro atoms. The van der Waals surface area contributed by atoms with Gasteiger partial charge in [0, 0.05) is 24.9 Å². The molecule has 0 aliphatic carbocycles. The van der Waals surface area contributed by atoms with Gasteiger partial charge in [0.25, 0.3) is 10.0 Å². The van der Waals surface area contributed by atoms with Gasteiger partial charge in [-0.1, -0.05) is 6.92 Å². The molecule has 2 heterocycles. The number of anilines is 1. The first kappa shape index (κ1) is 12.0. The van der Waals surface area contributed by atoms with Crippen molar-refractivity contribution in [3.63, 3.8) is 0 Å². The van der Waals surface area contributed by atoms with Crippen molar-refractivity contribution >= 4 is 21.9 Å². The molecular weight excluding hydrogens is 240 g/mol. The summed E-state index contributed by atoms with van der Waals surface area (Å²) in [5.41, 5.74) is 0.699. The van der Waals surface area contributed by atoms with Gasteiger partial charge in [-0.25, -0.2) is 18.5 Å². The lowest BCUT2D eigenvalue weighted by molar-refractivity contribution is 0.593. The van der Waals surface area contributed by atoms with E-state index in [-0.39, 0.29) is 11.1 Å². The summed E-state index contributed by atoms with van der Waals surface area (Å²) in [5.74, 6) is 0. The van der Waals surface area contributed by atoms with Gasteiger partial charge in [0.1, 0.15) is 0 Å². The van der Waals surface area contributed by atoms with Crippen LogP contribution in [0.15, 0.2) is 28.5 Å². The zero-order valence-electron chi connectivity index (χ0n) is 9.44. The molecule has 0 saturated heterocycles. The van der Waals surface area contributed by atoms with Crippen molar-refractivity contribution in [3.05, 3.63) is 18.3 Å². The Hall–Kier alpha value is -1.47. The molecule has 0 aromatic carbocycles. The number of hydrogen-bond acceptors (Lipinski definition) is 5. The predicted octanol–water partition coefficient (Wildman–Crippen LogP) is 0.704. The van der Waals surface area contributed by atoms with Crippen molar-refractivity contribution in [2.75, 3.05) is 5.01 Å². The fraction of sp³-hybridized carbons (Fsp3) is 0.400. The third-order valence-electron chi connectivity index (χ3n) is 2.68. The van der Waals surface area contributed by atoms with Crippen LogP contribution in [-0.4, -0.2) is 25.7 Å². The molecule has 1 unspecified atom stereocenters. The van der Waals surface area contributed by atoms with Gasteiger partial charge in [-0.2, -0.15) is 5.10 Å². The summed E-state index contributed by atoms with van der Waals surface area (Å²) in [6, 6.07) is 3.44. The Morgan fingerprint density at radius 2 is 2.35 bits per heavy atom. The molecule has 1 aliphatic rings. The van der Waals surface area contributed by atoms with Gasteiger partial charge in [0.05, 0.1) is 11.7 Å². The minimum Gasteiger partial charge on any atom is -0.262 e. The molecule has 92 valence electrons. The van der Waals surface area contributed by atoms with E-state index in [0.717, 1.165) is 12.8 Å². The number of pyridine rings is 1. The number of nitrogens with zero attached hydrogens (tertiary/aromatic N) is 3. The Morgan fingerprint density at radius 3 is 3.00 bits per heavy atom. The average Bonchev–Trinajstić information content (AvgIpc) is 2.76. The van der Waals surface area contributed by atoms with E-state index in [0.29, 0.717) is 5.69 Å². The second kappa shape index (κ2) is 4.42. The summed E-state index contributed by atoms with van der Waals surface area (Å²) >= 11 is 0. The van der Waals surface area contributed by atoms with E-state index in [9.17, 15) is 8.42 Å². The molecule has 2 rings (SSSR count). The van der Waals surface area contributed by atoms with Crippen LogP contribution in [0.3, 0.4) is 0 Å². The smallest absolute Gasteiger partial charge is 0.255 e. The Kier molecular flexibility index (Phi) is 3.12. The van der Waals surface area contributed by atoms with Crippen LogP contribution in [0.25, 0.3) is 0 Å². The predicted molar refractivity (Wildman–Crippen MR) is 65.3 cm³/mol. The maximum absolute atomic E-state index is 11.2. The second-order valence-corrected chi connectivity index (χ2v) is 5.35. The Morgan fingerprint density at radius 1 is 1.59 bits per heavy atom. The highest BCUT2D eigenvalue weighted by molar-refractivity contribution is 7.89. The van der Waals surface area contributed by atoms with Gasteiger partial charge in [0.2, 0.25) is 0 Å². The Balaban J connectivity index is 2.37. The van der Waals surface area contributed by atoms with Crippen molar-refractivity contribution in [1.82, 2.24) is 4.98 Å². The minimum atomic E-state index is -3.77. The lowest BCUT2D eigenvalue weighted by Crippen LogP contribution is -2.25. The zero-order chi connectivity index (χ0) is 12.5. The molecule has 6 nitrogen and oxygen atoms in total. The standard InChI is InChI=1S/C10H14N4O2S/c1-2-8-4-6-13-14(8)9-3-5-12-10(7-9)17(11,15)16/h3,5-8H,2,4H2,1H3,(H2,11,15,16). The van der Waals surface area contributed by atoms with Crippen molar-refractivity contribution in [2.24, 2.45) is 10.2 Å². The molecule has 1 aromatic rings. The molecular formula is C10H14N4O2S. The van der Waals surface area contributed by atoms with Gasteiger partial charge in [-0.15, -0.1) is 0 Å². The number of sulfonamides is 1. The van der Waals surface area contributed by atoms with Crippen LogP contribution < -0.4 is 10.1 Å². The van der Waals surface area contributed by atoms with E-state index in [1.807, 2.05) is 6.21 Å². The van der Waals surface area contributed by atoms with Crippen molar-refractivity contribution in [3.8, 4) is 0 Å². The van der Waals surface area contributed by atoms with E-state index in [4.69, 9.17) is 5.14 Å². The van der Waals surface area contributed by atoms with Gasteiger partial charge in [0.15, 0.2) is 5.03 Å². The molecule has 0 fully saturated rings. The topological polar surface area (TPSA) is 88.7 Å². The van der Waals surface area contributed by atoms with E-state index in [1.165, 1.54) is 12.3 Å². The third-order valence-corrected chi connectivity index (χ3v) is 3.48. The highest BCUT2D eigenvalue weighted by Gasteiger charge is 2.21. The largest absolute Gasteiger partial charge is 0.262 e. The Labute approximate surface area is 100 Å². The van der Waals surface area contributed by atoms with Crippen molar-refractivity contribution in [1.29, 1.82) is 0 Å². The third kappa shape index (κ3) is 2.45. The first-order valence-electron chi connectivity index (χ1n) is 5.33. The first-order chi connectivity index (χ1) is 8.02. The maximum atomic E-state index is 11.2. The summed E-state index contributed by atoms with van der Waals surface area (Å²) in [6.07, 6.45) is 5.05. The number of hydrazone groups is 1. The lowest BCUT2D eigenvalue weighted by Gasteiger charge is -2.22. The maximum Gasteiger partial charge on any atom is 0.255 e. The monoisotopic (exact) mass is 254 g/mol. The summed E-state index contributed by atoms with van der Waals surface area (Å²) in [6.45, 7) is 2.06. The number of aromatic nitrogens is 1. The van der Waals surface area contributed by atoms with Crippen LogP contribution in [0, 0.1) is 0 Å². The molecule has 1 aromatic heterocycles. The van der Waals surface area contributed by atoms with Gasteiger partial charge >= 0.3 is 0 Å². The highest BCUT2D eigenvalue weighted by Crippen LogP contribution is 2.24. The zero-order valence-corrected chi connectivity index (χ0v) is 10.3. The molecule has 17 heavy (non-hydrogen) atoms. The average molecular weight is 254 g/mol. The molecule has 0 amide bonds. The highest BCUT2D eigenvalue weighted by atomic mass is 32.2. The molecule has 7 heteroatoms. The SMILES string of the molecule is CCC1CC=NN1c1ccnc(S(N)(=O)=O)c1. The summed E-state index contributed by atoms with van der Waals surface area (Å²) in [5, 5.41) is 10.9. The van der Waals surface area contributed by atoms with Gasteiger partial charge in [-0.05, 0) is 12.5 Å².